The summed E-state index contributed by atoms with van der Waals surface area (Å²) in [5, 5.41) is 0. The van der Waals surface area contributed by atoms with Crippen LogP contribution in [-0.4, -0.2) is 10.8 Å². The van der Waals surface area contributed by atoms with Crippen LogP contribution in [0.25, 0.3) is 0 Å². The minimum absolute atomic E-state index is 0.348. The lowest BCUT2D eigenvalue weighted by Crippen LogP contribution is -2.00. The Morgan fingerprint density at radius 3 is 2.67 bits per heavy atom. The zero-order chi connectivity index (χ0) is 9.14. The molecule has 0 aliphatic carbocycles. The second-order valence-corrected chi connectivity index (χ2v) is 2.57. The Labute approximate surface area is 71.6 Å². The lowest BCUT2D eigenvalue weighted by Gasteiger charge is -1.99. The Bertz CT molecular complexity index is 361. The number of carbonyl (C=O) groups is 1. The molecule has 0 saturated carbocycles. The second kappa shape index (κ2) is 3.19. The van der Waals surface area contributed by atoms with Gasteiger partial charge in [0.1, 0.15) is 5.69 Å². The standard InChI is InChI=1S/C10H9NO/c1-4-10(12)9-6-5-7(2)8(3)11-9/h1,5-6H,2-3H3. The van der Waals surface area contributed by atoms with E-state index in [1.807, 2.05) is 25.8 Å². The van der Waals surface area contributed by atoms with Gasteiger partial charge in [0.05, 0.1) is 0 Å². The van der Waals surface area contributed by atoms with Crippen molar-refractivity contribution in [1.29, 1.82) is 0 Å². The molecule has 0 aromatic carbocycles. The van der Waals surface area contributed by atoms with Gasteiger partial charge in [0.25, 0.3) is 5.78 Å². The molecule has 0 unspecified atom stereocenters. The minimum atomic E-state index is -0.363. The van der Waals surface area contributed by atoms with Crippen molar-refractivity contribution in [2.24, 2.45) is 0 Å². The normalized spacial score (nSPS) is 9.08. The van der Waals surface area contributed by atoms with E-state index in [0.29, 0.717) is 5.69 Å². The highest BCUT2D eigenvalue weighted by atomic mass is 16.1. The van der Waals surface area contributed by atoms with E-state index >= 15 is 0 Å². The molecule has 0 radical (unpaired) electrons. The molecular weight excluding hydrogens is 150 g/mol. The molecule has 0 aliphatic rings. The molecule has 0 atom stereocenters. The third kappa shape index (κ3) is 1.51. The van der Waals surface area contributed by atoms with Crippen molar-refractivity contribution in [1.82, 2.24) is 4.98 Å². The molecule has 0 spiro atoms. The Balaban J connectivity index is 3.15. The van der Waals surface area contributed by atoms with Crippen LogP contribution >= 0.6 is 0 Å². The van der Waals surface area contributed by atoms with Crippen molar-refractivity contribution in [3.63, 3.8) is 0 Å². The van der Waals surface area contributed by atoms with E-state index in [9.17, 15) is 4.79 Å². The number of nitrogens with zero attached hydrogens (tertiary/aromatic N) is 1. The second-order valence-electron chi connectivity index (χ2n) is 2.57. The van der Waals surface area contributed by atoms with Gasteiger partial charge in [-0.3, -0.25) is 4.79 Å². The van der Waals surface area contributed by atoms with E-state index in [2.05, 4.69) is 4.98 Å². The lowest BCUT2D eigenvalue weighted by atomic mass is 10.2. The number of ketones is 1. The summed E-state index contributed by atoms with van der Waals surface area (Å²) in [6.45, 7) is 3.79. The minimum Gasteiger partial charge on any atom is -0.277 e. The predicted molar refractivity (Wildman–Crippen MR) is 46.9 cm³/mol. The first kappa shape index (κ1) is 8.48. The molecule has 12 heavy (non-hydrogen) atoms. The van der Waals surface area contributed by atoms with Crippen LogP contribution in [0.1, 0.15) is 21.7 Å². The van der Waals surface area contributed by atoms with Crippen LogP contribution in [0.3, 0.4) is 0 Å². The quantitative estimate of drug-likeness (QED) is 0.353. The molecule has 0 amide bonds. The van der Waals surface area contributed by atoms with Crippen molar-refractivity contribution in [2.45, 2.75) is 13.8 Å². The monoisotopic (exact) mass is 159 g/mol. The summed E-state index contributed by atoms with van der Waals surface area (Å²) in [6, 6.07) is 3.48. The average molecular weight is 159 g/mol. The first-order chi connectivity index (χ1) is 5.65. The molecule has 60 valence electrons. The summed E-state index contributed by atoms with van der Waals surface area (Å²) in [6.07, 6.45) is 4.95. The van der Waals surface area contributed by atoms with Crippen LogP contribution < -0.4 is 0 Å². The zero-order valence-corrected chi connectivity index (χ0v) is 7.09. The van der Waals surface area contributed by atoms with Crippen molar-refractivity contribution < 1.29 is 4.79 Å². The van der Waals surface area contributed by atoms with E-state index in [1.54, 1.807) is 6.07 Å². The average Bonchev–Trinajstić information content (AvgIpc) is 2.08. The maximum Gasteiger partial charge on any atom is 0.253 e. The van der Waals surface area contributed by atoms with E-state index in [0.717, 1.165) is 11.3 Å². The number of pyridine rings is 1. The Morgan fingerprint density at radius 1 is 1.50 bits per heavy atom. The van der Waals surface area contributed by atoms with Gasteiger partial charge in [-0.05, 0) is 31.4 Å². The van der Waals surface area contributed by atoms with Crippen LogP contribution in [-0.2, 0) is 0 Å². The fourth-order valence-electron chi connectivity index (χ4n) is 0.831. The van der Waals surface area contributed by atoms with E-state index < -0.39 is 0 Å². The molecule has 1 aromatic rings. The van der Waals surface area contributed by atoms with Gasteiger partial charge in [0.15, 0.2) is 0 Å². The van der Waals surface area contributed by atoms with Crippen LogP contribution in [0.4, 0.5) is 0 Å². The molecule has 0 fully saturated rings. The van der Waals surface area contributed by atoms with Crippen molar-refractivity contribution >= 4 is 5.78 Å². The van der Waals surface area contributed by atoms with Gasteiger partial charge in [-0.2, -0.15) is 0 Å². The van der Waals surface area contributed by atoms with Crippen LogP contribution in [0.15, 0.2) is 12.1 Å². The number of hydrogen-bond donors (Lipinski definition) is 0. The Morgan fingerprint density at radius 2 is 2.17 bits per heavy atom. The molecular formula is C10H9NO. The first-order valence-corrected chi connectivity index (χ1v) is 3.60. The van der Waals surface area contributed by atoms with Crippen molar-refractivity contribution in [3.8, 4) is 12.3 Å². The Kier molecular flexibility index (Phi) is 2.25. The summed E-state index contributed by atoms with van der Waals surface area (Å²) in [4.78, 5) is 15.0. The van der Waals surface area contributed by atoms with Gasteiger partial charge < -0.3 is 0 Å². The van der Waals surface area contributed by atoms with E-state index in [-0.39, 0.29) is 5.78 Å². The topological polar surface area (TPSA) is 30.0 Å². The van der Waals surface area contributed by atoms with Crippen LogP contribution in [0, 0.1) is 26.2 Å². The zero-order valence-electron chi connectivity index (χ0n) is 7.09. The Hall–Kier alpha value is -1.62. The van der Waals surface area contributed by atoms with Gasteiger partial charge in [0.2, 0.25) is 0 Å². The molecule has 1 aromatic heterocycles. The van der Waals surface area contributed by atoms with Crippen LogP contribution in [0.5, 0.6) is 0 Å². The van der Waals surface area contributed by atoms with E-state index in [1.165, 1.54) is 0 Å². The molecule has 2 nitrogen and oxygen atoms in total. The highest BCUT2D eigenvalue weighted by Crippen LogP contribution is 2.04. The molecule has 0 N–H and O–H groups in total. The molecule has 0 aliphatic heterocycles. The van der Waals surface area contributed by atoms with E-state index in [4.69, 9.17) is 6.42 Å². The lowest BCUT2D eigenvalue weighted by molar-refractivity contribution is 0.105. The number of carbonyl (C=O) groups excluding carboxylic acids is 1. The SMILES string of the molecule is C#CC(=O)c1ccc(C)c(C)n1. The number of terminal acetylenes is 1. The van der Waals surface area contributed by atoms with Crippen LogP contribution in [0.2, 0.25) is 0 Å². The fourth-order valence-corrected chi connectivity index (χ4v) is 0.831. The summed E-state index contributed by atoms with van der Waals surface area (Å²) in [5.41, 5.74) is 2.25. The number of hydrogen-bond acceptors (Lipinski definition) is 2. The third-order valence-corrected chi connectivity index (χ3v) is 1.71. The highest BCUT2D eigenvalue weighted by molar-refractivity contribution is 6.07. The summed E-state index contributed by atoms with van der Waals surface area (Å²) >= 11 is 0. The third-order valence-electron chi connectivity index (χ3n) is 1.71. The summed E-state index contributed by atoms with van der Waals surface area (Å²) < 4.78 is 0. The first-order valence-electron chi connectivity index (χ1n) is 3.60. The van der Waals surface area contributed by atoms with Crippen molar-refractivity contribution in [3.05, 3.63) is 29.1 Å². The molecule has 1 heterocycles. The molecule has 2 heteroatoms. The summed E-state index contributed by atoms with van der Waals surface area (Å²) in [5.74, 6) is 1.66. The maximum atomic E-state index is 11.0. The number of aromatic nitrogens is 1. The van der Waals surface area contributed by atoms with Gasteiger partial charge in [-0.15, -0.1) is 6.42 Å². The molecule has 0 bridgehead atoms. The largest absolute Gasteiger partial charge is 0.277 e. The summed E-state index contributed by atoms with van der Waals surface area (Å²) in [7, 11) is 0. The smallest absolute Gasteiger partial charge is 0.253 e. The highest BCUT2D eigenvalue weighted by Gasteiger charge is 2.03. The molecule has 1 rings (SSSR count). The number of aryl methyl sites for hydroxylation is 2. The maximum absolute atomic E-state index is 11.0. The number of rotatable bonds is 1. The fraction of sp³-hybridized carbons (Fsp3) is 0.200. The van der Waals surface area contributed by atoms with Gasteiger partial charge in [0, 0.05) is 5.69 Å². The van der Waals surface area contributed by atoms with Gasteiger partial charge >= 0.3 is 0 Å². The van der Waals surface area contributed by atoms with Gasteiger partial charge in [-0.25, -0.2) is 4.98 Å². The predicted octanol–water partition coefficient (Wildman–Crippen LogP) is 1.51. The number of Topliss-reactive ketones (excluding diaryl/α,β-unsaturated/α-hetero) is 1. The van der Waals surface area contributed by atoms with Crippen molar-refractivity contribution in [2.75, 3.05) is 0 Å². The van der Waals surface area contributed by atoms with Gasteiger partial charge in [-0.1, -0.05) is 6.07 Å². The molecule has 0 saturated heterocycles.